The highest BCUT2D eigenvalue weighted by Crippen LogP contribution is 2.36. The molecule has 1 unspecified atom stereocenters. The van der Waals surface area contributed by atoms with Crippen LogP contribution < -0.4 is 5.32 Å². The zero-order valence-corrected chi connectivity index (χ0v) is 11.6. The van der Waals surface area contributed by atoms with Gasteiger partial charge in [0.2, 0.25) is 5.91 Å². The number of hydrogen-bond donors (Lipinski definition) is 1. The highest BCUT2D eigenvalue weighted by Gasteiger charge is 2.24. The molecule has 0 aromatic heterocycles. The summed E-state index contributed by atoms with van der Waals surface area (Å²) in [6, 6.07) is 6.05. The molecule has 1 aliphatic rings. The van der Waals surface area contributed by atoms with E-state index in [2.05, 4.69) is 18.3 Å². The fraction of sp³-hybridized carbons (Fsp3) is 0.533. The topological polar surface area (TPSA) is 29.1 Å². The number of aryl methyl sites for hydroxylation is 1. The van der Waals surface area contributed by atoms with E-state index in [0.29, 0.717) is 12.3 Å². The lowest BCUT2D eigenvalue weighted by Gasteiger charge is -2.12. The molecule has 0 bridgehead atoms. The predicted molar refractivity (Wildman–Crippen MR) is 75.0 cm³/mol. The van der Waals surface area contributed by atoms with Crippen molar-refractivity contribution >= 4 is 17.5 Å². The van der Waals surface area contributed by atoms with Crippen LogP contribution in [0.15, 0.2) is 18.2 Å². The molecule has 98 valence electrons. The van der Waals surface area contributed by atoms with Crippen LogP contribution >= 0.6 is 11.6 Å². The number of halogens is 1. The van der Waals surface area contributed by atoms with Crippen molar-refractivity contribution in [2.75, 3.05) is 6.54 Å². The third kappa shape index (κ3) is 3.26. The standard InChI is InChI=1S/C15H20ClNO/c1-2-3-8-17-15(18)9-12-5-4-11-6-7-13(16)10-14(11)12/h6-7,10,12H,2-5,8-9H2,1H3,(H,17,18). The SMILES string of the molecule is CCCCNC(=O)CC1CCc2ccc(Cl)cc21. The van der Waals surface area contributed by atoms with Crippen molar-refractivity contribution in [1.29, 1.82) is 0 Å². The second-order valence-electron chi connectivity index (χ2n) is 4.99. The van der Waals surface area contributed by atoms with Crippen molar-refractivity contribution in [3.63, 3.8) is 0 Å². The molecular formula is C15H20ClNO. The Bertz CT molecular complexity index is 431. The second-order valence-corrected chi connectivity index (χ2v) is 5.42. The van der Waals surface area contributed by atoms with Gasteiger partial charge in [0, 0.05) is 18.0 Å². The third-order valence-corrected chi connectivity index (χ3v) is 3.83. The molecule has 0 spiro atoms. The Hall–Kier alpha value is -1.02. The van der Waals surface area contributed by atoms with Crippen molar-refractivity contribution in [3.05, 3.63) is 34.3 Å². The summed E-state index contributed by atoms with van der Waals surface area (Å²) < 4.78 is 0. The summed E-state index contributed by atoms with van der Waals surface area (Å²) in [5.41, 5.74) is 2.62. The molecule has 1 aromatic rings. The molecule has 0 saturated heterocycles. The number of hydrogen-bond acceptors (Lipinski definition) is 1. The average molecular weight is 266 g/mol. The van der Waals surface area contributed by atoms with Crippen molar-refractivity contribution in [1.82, 2.24) is 5.32 Å². The fourth-order valence-electron chi connectivity index (χ4n) is 2.57. The number of benzene rings is 1. The minimum absolute atomic E-state index is 0.168. The van der Waals surface area contributed by atoms with Gasteiger partial charge in [-0.25, -0.2) is 0 Å². The molecule has 0 saturated carbocycles. The second kappa shape index (κ2) is 6.24. The molecular weight excluding hydrogens is 246 g/mol. The van der Waals surface area contributed by atoms with E-state index in [-0.39, 0.29) is 5.91 Å². The number of rotatable bonds is 5. The first kappa shape index (κ1) is 13.4. The average Bonchev–Trinajstić information content (AvgIpc) is 2.72. The Morgan fingerprint density at radius 1 is 1.50 bits per heavy atom. The highest BCUT2D eigenvalue weighted by molar-refractivity contribution is 6.30. The molecule has 0 heterocycles. The Labute approximate surface area is 114 Å². The number of carbonyl (C=O) groups is 1. The van der Waals surface area contributed by atoms with E-state index in [0.717, 1.165) is 37.3 Å². The molecule has 3 heteroatoms. The number of unbranched alkanes of at least 4 members (excludes halogenated alkanes) is 1. The Balaban J connectivity index is 1.93. The summed E-state index contributed by atoms with van der Waals surface area (Å²) in [6.07, 6.45) is 4.90. The minimum Gasteiger partial charge on any atom is -0.356 e. The lowest BCUT2D eigenvalue weighted by atomic mass is 9.97. The maximum atomic E-state index is 11.8. The van der Waals surface area contributed by atoms with Gasteiger partial charge in [-0.2, -0.15) is 0 Å². The van der Waals surface area contributed by atoms with Gasteiger partial charge in [-0.15, -0.1) is 0 Å². The van der Waals surface area contributed by atoms with Crippen molar-refractivity contribution in [2.24, 2.45) is 0 Å². The van der Waals surface area contributed by atoms with Crippen molar-refractivity contribution in [3.8, 4) is 0 Å². The van der Waals surface area contributed by atoms with Crippen LogP contribution in [0.3, 0.4) is 0 Å². The van der Waals surface area contributed by atoms with Crippen LogP contribution in [0, 0.1) is 0 Å². The van der Waals surface area contributed by atoms with E-state index in [1.165, 1.54) is 11.1 Å². The molecule has 2 rings (SSSR count). The lowest BCUT2D eigenvalue weighted by Crippen LogP contribution is -2.25. The van der Waals surface area contributed by atoms with Gasteiger partial charge in [0.15, 0.2) is 0 Å². The van der Waals surface area contributed by atoms with E-state index >= 15 is 0 Å². The molecule has 0 aliphatic heterocycles. The molecule has 1 N–H and O–H groups in total. The summed E-state index contributed by atoms with van der Waals surface area (Å²) in [5, 5.41) is 3.75. The Kier molecular flexibility index (Phi) is 4.65. The van der Waals surface area contributed by atoms with Crippen LogP contribution in [0.5, 0.6) is 0 Å². The number of fused-ring (bicyclic) bond motifs is 1. The van der Waals surface area contributed by atoms with Gasteiger partial charge in [0.25, 0.3) is 0 Å². The van der Waals surface area contributed by atoms with Crippen molar-refractivity contribution < 1.29 is 4.79 Å². The van der Waals surface area contributed by atoms with Crippen LogP contribution in [-0.2, 0) is 11.2 Å². The number of amides is 1. The highest BCUT2D eigenvalue weighted by atomic mass is 35.5. The summed E-state index contributed by atoms with van der Waals surface area (Å²) in [5.74, 6) is 0.515. The van der Waals surface area contributed by atoms with Gasteiger partial charge in [0.1, 0.15) is 0 Å². The van der Waals surface area contributed by atoms with Crippen LogP contribution in [0.25, 0.3) is 0 Å². The quantitative estimate of drug-likeness (QED) is 0.809. The molecule has 1 amide bonds. The first-order chi connectivity index (χ1) is 8.70. The van der Waals surface area contributed by atoms with E-state index in [9.17, 15) is 4.79 Å². The van der Waals surface area contributed by atoms with Gasteiger partial charge in [-0.05, 0) is 48.4 Å². The largest absolute Gasteiger partial charge is 0.356 e. The molecule has 18 heavy (non-hydrogen) atoms. The third-order valence-electron chi connectivity index (χ3n) is 3.59. The van der Waals surface area contributed by atoms with Crippen LogP contribution in [0.4, 0.5) is 0 Å². The Morgan fingerprint density at radius 2 is 2.33 bits per heavy atom. The molecule has 0 fully saturated rings. The van der Waals surface area contributed by atoms with E-state index in [1.807, 2.05) is 12.1 Å². The molecule has 0 radical (unpaired) electrons. The van der Waals surface area contributed by atoms with Gasteiger partial charge in [-0.3, -0.25) is 4.79 Å². The Morgan fingerprint density at radius 3 is 3.11 bits per heavy atom. The summed E-state index contributed by atoms with van der Waals surface area (Å²) >= 11 is 6.03. The molecule has 1 aliphatic carbocycles. The monoisotopic (exact) mass is 265 g/mol. The number of nitrogens with one attached hydrogen (secondary N) is 1. The van der Waals surface area contributed by atoms with Crippen LogP contribution in [-0.4, -0.2) is 12.5 Å². The van der Waals surface area contributed by atoms with Crippen LogP contribution in [0.1, 0.15) is 49.7 Å². The smallest absolute Gasteiger partial charge is 0.220 e. The fourth-order valence-corrected chi connectivity index (χ4v) is 2.75. The maximum absolute atomic E-state index is 11.8. The predicted octanol–water partition coefficient (Wildman–Crippen LogP) is 3.68. The van der Waals surface area contributed by atoms with E-state index in [4.69, 9.17) is 11.6 Å². The first-order valence-electron chi connectivity index (χ1n) is 6.75. The summed E-state index contributed by atoms with van der Waals surface area (Å²) in [7, 11) is 0. The van der Waals surface area contributed by atoms with E-state index in [1.54, 1.807) is 0 Å². The van der Waals surface area contributed by atoms with E-state index < -0.39 is 0 Å². The van der Waals surface area contributed by atoms with Crippen LogP contribution in [0.2, 0.25) is 5.02 Å². The number of carbonyl (C=O) groups excluding carboxylic acids is 1. The normalized spacial score (nSPS) is 17.6. The zero-order valence-electron chi connectivity index (χ0n) is 10.8. The molecule has 1 atom stereocenters. The maximum Gasteiger partial charge on any atom is 0.220 e. The summed E-state index contributed by atoms with van der Waals surface area (Å²) in [6.45, 7) is 2.92. The minimum atomic E-state index is 0.168. The summed E-state index contributed by atoms with van der Waals surface area (Å²) in [4.78, 5) is 11.8. The van der Waals surface area contributed by atoms with Gasteiger partial charge in [0.05, 0.1) is 0 Å². The lowest BCUT2D eigenvalue weighted by molar-refractivity contribution is -0.121. The van der Waals surface area contributed by atoms with Gasteiger partial charge >= 0.3 is 0 Å². The zero-order chi connectivity index (χ0) is 13.0. The van der Waals surface area contributed by atoms with Gasteiger partial charge < -0.3 is 5.32 Å². The van der Waals surface area contributed by atoms with Crippen molar-refractivity contribution in [2.45, 2.75) is 44.9 Å². The van der Waals surface area contributed by atoms with Gasteiger partial charge in [-0.1, -0.05) is 31.0 Å². The molecule has 2 nitrogen and oxygen atoms in total. The first-order valence-corrected chi connectivity index (χ1v) is 7.13. The molecule has 1 aromatic carbocycles.